The Kier molecular flexibility index (Phi) is 6.22. The molecule has 3 aromatic rings. The van der Waals surface area contributed by atoms with E-state index in [1.165, 1.54) is 43.5 Å². The Hall–Kier alpha value is -3.47. The van der Waals surface area contributed by atoms with Crippen LogP contribution in [0.5, 0.6) is 11.5 Å². The molecule has 0 saturated heterocycles. The number of benzene rings is 2. The first-order valence-corrected chi connectivity index (χ1v) is 11.0. The van der Waals surface area contributed by atoms with Crippen LogP contribution in [0.15, 0.2) is 59.5 Å². The number of nitrogens with one attached hydrogen (secondary N) is 2. The third-order valence-corrected chi connectivity index (χ3v) is 5.47. The topological polar surface area (TPSA) is 92.1 Å². The minimum atomic E-state index is -4.69. The molecule has 1 heterocycles. The molecular formula is C21H17F4N3O3S. The highest BCUT2D eigenvalue weighted by molar-refractivity contribution is 7.91. The van der Waals surface area contributed by atoms with Crippen molar-refractivity contribution in [3.8, 4) is 11.5 Å². The zero-order valence-electron chi connectivity index (χ0n) is 16.8. The second kappa shape index (κ2) is 8.58. The molecule has 0 aliphatic heterocycles. The molecule has 0 aliphatic rings. The largest absolute Gasteiger partial charge is 0.455 e. The van der Waals surface area contributed by atoms with Crippen LogP contribution in [0.25, 0.3) is 0 Å². The third kappa shape index (κ3) is 5.41. The Morgan fingerprint density at radius 2 is 1.81 bits per heavy atom. The summed E-state index contributed by atoms with van der Waals surface area (Å²) in [6, 6.07) is 10.3. The van der Waals surface area contributed by atoms with Gasteiger partial charge in [0.15, 0.2) is 0 Å². The summed E-state index contributed by atoms with van der Waals surface area (Å²) in [6.07, 6.45) is -3.47. The minimum absolute atomic E-state index is 0.0262. The number of hydrogen-bond donors (Lipinski definition) is 2. The molecule has 1 aromatic heterocycles. The van der Waals surface area contributed by atoms with E-state index in [9.17, 15) is 26.6 Å². The van der Waals surface area contributed by atoms with Crippen molar-refractivity contribution < 1.29 is 31.3 Å². The van der Waals surface area contributed by atoms with Gasteiger partial charge in [-0.05, 0) is 55.5 Å². The van der Waals surface area contributed by atoms with Crippen molar-refractivity contribution in [1.82, 2.24) is 4.98 Å². The lowest BCUT2D eigenvalue weighted by Crippen LogP contribution is -2.15. The summed E-state index contributed by atoms with van der Waals surface area (Å²) in [6.45, 7) is 1.40. The maximum Gasteiger partial charge on any atom is 0.416 e. The molecule has 2 aromatic carbocycles. The molecule has 0 radical (unpaired) electrons. The van der Waals surface area contributed by atoms with E-state index < -0.39 is 39.1 Å². The van der Waals surface area contributed by atoms with Gasteiger partial charge >= 0.3 is 6.18 Å². The van der Waals surface area contributed by atoms with E-state index in [1.807, 2.05) is 0 Å². The van der Waals surface area contributed by atoms with Crippen LogP contribution < -0.4 is 10.1 Å². The second-order valence-corrected chi connectivity index (χ2v) is 9.01. The van der Waals surface area contributed by atoms with Crippen molar-refractivity contribution in [3.63, 3.8) is 0 Å². The molecule has 0 unspecified atom stereocenters. The van der Waals surface area contributed by atoms with Crippen molar-refractivity contribution in [2.75, 3.05) is 11.6 Å². The van der Waals surface area contributed by atoms with Crippen molar-refractivity contribution in [2.24, 2.45) is 0 Å². The van der Waals surface area contributed by atoms with Crippen molar-refractivity contribution in [2.45, 2.75) is 18.0 Å². The average Bonchev–Trinajstić information content (AvgIpc) is 2.69. The fourth-order valence-electron chi connectivity index (χ4n) is 2.73. The Bertz CT molecular complexity index is 1290. The van der Waals surface area contributed by atoms with E-state index >= 15 is 0 Å². The zero-order chi connectivity index (χ0) is 23.7. The van der Waals surface area contributed by atoms with Crippen LogP contribution in [-0.4, -0.2) is 21.4 Å². The predicted octanol–water partition coefficient (Wildman–Crippen LogP) is 5.63. The Labute approximate surface area is 181 Å². The smallest absolute Gasteiger partial charge is 0.416 e. The summed E-state index contributed by atoms with van der Waals surface area (Å²) in [4.78, 5) is 16.5. The number of hydrogen-bond acceptors (Lipinski definition) is 5. The van der Waals surface area contributed by atoms with E-state index in [1.54, 1.807) is 0 Å². The van der Waals surface area contributed by atoms with Crippen LogP contribution in [0, 0.1) is 17.7 Å². The average molecular weight is 467 g/mol. The van der Waals surface area contributed by atoms with E-state index in [0.29, 0.717) is 6.07 Å². The summed E-state index contributed by atoms with van der Waals surface area (Å²) in [5.41, 5.74) is -0.997. The molecule has 1 amide bonds. The van der Waals surface area contributed by atoms with Gasteiger partial charge in [0, 0.05) is 16.8 Å². The molecule has 168 valence electrons. The van der Waals surface area contributed by atoms with E-state index in [4.69, 9.17) is 9.52 Å². The number of alkyl halides is 3. The molecule has 6 nitrogen and oxygen atoms in total. The van der Waals surface area contributed by atoms with Crippen LogP contribution in [-0.2, 0) is 15.9 Å². The zero-order valence-corrected chi connectivity index (χ0v) is 17.6. The molecular weight excluding hydrogens is 450 g/mol. The van der Waals surface area contributed by atoms with E-state index in [-0.39, 0.29) is 27.6 Å². The summed E-state index contributed by atoms with van der Waals surface area (Å²) < 4.78 is 78.0. The lowest BCUT2D eigenvalue weighted by molar-refractivity contribution is -0.137. The lowest BCUT2D eigenvalue weighted by atomic mass is 10.1. The molecule has 11 heteroatoms. The number of pyridine rings is 1. The summed E-state index contributed by atoms with van der Waals surface area (Å²) in [5.74, 6) is -2.03. The number of rotatable bonds is 5. The second-order valence-electron chi connectivity index (χ2n) is 6.85. The number of aromatic nitrogens is 1. The van der Waals surface area contributed by atoms with Crippen molar-refractivity contribution >= 4 is 21.3 Å². The van der Waals surface area contributed by atoms with Crippen molar-refractivity contribution in [1.29, 1.82) is 4.78 Å². The predicted molar refractivity (Wildman–Crippen MR) is 110 cm³/mol. The quantitative estimate of drug-likeness (QED) is 0.376. The van der Waals surface area contributed by atoms with Gasteiger partial charge in [0.25, 0.3) is 5.91 Å². The van der Waals surface area contributed by atoms with Gasteiger partial charge < -0.3 is 10.1 Å². The highest BCUT2D eigenvalue weighted by Crippen LogP contribution is 2.35. The molecule has 3 rings (SSSR count). The first-order valence-electron chi connectivity index (χ1n) is 9.02. The molecule has 0 aliphatic carbocycles. The molecule has 0 fully saturated rings. The Morgan fingerprint density at radius 1 is 1.09 bits per heavy atom. The molecule has 1 atom stereocenters. The van der Waals surface area contributed by atoms with Gasteiger partial charge in [0.1, 0.15) is 11.5 Å². The Morgan fingerprint density at radius 3 is 2.44 bits per heavy atom. The van der Waals surface area contributed by atoms with Gasteiger partial charge in [-0.3, -0.25) is 4.79 Å². The van der Waals surface area contributed by atoms with Gasteiger partial charge in [-0.25, -0.2) is 14.0 Å². The molecule has 0 saturated carbocycles. The van der Waals surface area contributed by atoms with Gasteiger partial charge in [-0.1, -0.05) is 6.07 Å². The number of carbonyl (C=O) groups is 1. The van der Waals surface area contributed by atoms with Crippen LogP contribution >= 0.6 is 0 Å². The minimum Gasteiger partial charge on any atom is -0.455 e. The third-order valence-electron chi connectivity index (χ3n) is 4.32. The Balaban J connectivity index is 2.00. The molecule has 0 spiro atoms. The van der Waals surface area contributed by atoms with Crippen LogP contribution in [0.3, 0.4) is 0 Å². The molecule has 0 bridgehead atoms. The molecule has 32 heavy (non-hydrogen) atoms. The number of ether oxygens (including phenoxy) is 1. The van der Waals surface area contributed by atoms with Gasteiger partial charge in [0.05, 0.1) is 26.5 Å². The number of amides is 1. The highest BCUT2D eigenvalue weighted by atomic mass is 32.2. The number of nitrogens with zero attached hydrogens (tertiary/aromatic N) is 1. The standard InChI is InChI=1S/C21H17F4N3O3S/c1-12-17(8-9-19(22)27-12)31-18-10-13(21(23,24)25)6-7-16(18)20(29)28-14-4-3-5-15(11-14)32(2,26)30/h3-11,26H,1-2H3,(H,28,29)/t32-/m1/s1. The summed E-state index contributed by atoms with van der Waals surface area (Å²) >= 11 is 0. The number of halogens is 4. The fraction of sp³-hybridized carbons (Fsp3) is 0.143. The highest BCUT2D eigenvalue weighted by Gasteiger charge is 2.32. The van der Waals surface area contributed by atoms with Crippen molar-refractivity contribution in [3.05, 3.63) is 77.4 Å². The first-order chi connectivity index (χ1) is 14.8. The lowest BCUT2D eigenvalue weighted by Gasteiger charge is -2.15. The first kappa shape index (κ1) is 23.2. The van der Waals surface area contributed by atoms with Crippen LogP contribution in [0.1, 0.15) is 21.6 Å². The number of carbonyl (C=O) groups excluding carboxylic acids is 1. The molecule has 2 N–H and O–H groups in total. The van der Waals surface area contributed by atoms with Crippen LogP contribution in [0.4, 0.5) is 23.2 Å². The van der Waals surface area contributed by atoms with Gasteiger partial charge in [0.2, 0.25) is 5.95 Å². The summed E-state index contributed by atoms with van der Waals surface area (Å²) in [7, 11) is -3.04. The normalized spacial score (nSPS) is 13.3. The van der Waals surface area contributed by atoms with Gasteiger partial charge in [-0.15, -0.1) is 0 Å². The van der Waals surface area contributed by atoms with E-state index in [2.05, 4.69) is 10.3 Å². The monoisotopic (exact) mass is 467 g/mol. The SMILES string of the molecule is Cc1nc(F)ccc1Oc1cc(C(F)(F)F)ccc1C(=O)Nc1cccc([S@](C)(=N)=O)c1. The maximum atomic E-state index is 13.3. The number of anilines is 1. The summed E-state index contributed by atoms with van der Waals surface area (Å²) in [5, 5.41) is 2.49. The van der Waals surface area contributed by atoms with E-state index in [0.717, 1.165) is 18.2 Å². The van der Waals surface area contributed by atoms with Crippen LogP contribution in [0.2, 0.25) is 0 Å². The fourth-order valence-corrected chi connectivity index (χ4v) is 3.42. The maximum absolute atomic E-state index is 13.3. The number of aryl methyl sites for hydroxylation is 1. The van der Waals surface area contributed by atoms with Gasteiger partial charge in [-0.2, -0.15) is 17.6 Å².